The second-order valence-corrected chi connectivity index (χ2v) is 1.32. The molecular formula is C5H11ClOZn. The van der Waals surface area contributed by atoms with Gasteiger partial charge in [0, 0.05) is 13.2 Å². The number of hydrogen-bond donors (Lipinski definition) is 0. The Balaban J connectivity index is 0. The van der Waals surface area contributed by atoms with Crippen LogP contribution in [0.1, 0.15) is 12.8 Å². The number of ether oxygens (including phenoxy) is 1. The molecule has 0 amide bonds. The minimum atomic E-state index is 0. The average molecular weight is 188 g/mol. The van der Waals surface area contributed by atoms with Gasteiger partial charge in [-0.15, -0.1) is 0 Å². The third kappa shape index (κ3) is 6.87. The monoisotopic (exact) mass is 186 g/mol. The molecule has 0 aliphatic carbocycles. The van der Waals surface area contributed by atoms with Gasteiger partial charge in [-0.05, 0) is 12.8 Å². The summed E-state index contributed by atoms with van der Waals surface area (Å²) in [5.41, 5.74) is 2.12. The van der Waals surface area contributed by atoms with Crippen LogP contribution in [0.5, 0.6) is 0 Å². The molecular weight excluding hydrogens is 177 g/mol. The van der Waals surface area contributed by atoms with Gasteiger partial charge in [-0.2, -0.15) is 0 Å². The van der Waals surface area contributed by atoms with Crippen LogP contribution in [0.15, 0.2) is 0 Å². The van der Waals surface area contributed by atoms with Crippen molar-refractivity contribution in [3.8, 4) is 0 Å². The second kappa shape index (κ2) is 10.8. The van der Waals surface area contributed by atoms with E-state index < -0.39 is 0 Å². The summed E-state index contributed by atoms with van der Waals surface area (Å²) >= 11 is 1.38. The predicted molar refractivity (Wildman–Crippen MR) is 25.9 cm³/mol. The summed E-state index contributed by atoms with van der Waals surface area (Å²) in [6.07, 6.45) is 2.56. The summed E-state index contributed by atoms with van der Waals surface area (Å²) in [5.74, 6) is 0. The maximum atomic E-state index is 4.94. The Morgan fingerprint density at radius 1 is 1.12 bits per heavy atom. The Bertz CT molecular complexity index is 24.0. The molecule has 1 fully saturated rings. The van der Waals surface area contributed by atoms with Crippen LogP contribution < -0.4 is 12.4 Å². The van der Waals surface area contributed by atoms with E-state index in [0.717, 1.165) is 13.2 Å². The molecule has 46 valence electrons. The average Bonchev–Trinajstić information content (AvgIpc) is 2.23. The summed E-state index contributed by atoms with van der Waals surface area (Å²) in [6.45, 7) is 2.00. The Kier molecular flexibility index (Phi) is 15.7. The summed E-state index contributed by atoms with van der Waals surface area (Å²) < 4.78 is 4.94. The van der Waals surface area contributed by atoms with Crippen molar-refractivity contribution in [3.63, 3.8) is 0 Å². The Hall–Kier alpha value is 0.873. The van der Waals surface area contributed by atoms with E-state index in [1.807, 2.05) is 0 Å². The van der Waals surface area contributed by atoms with Gasteiger partial charge in [-0.25, -0.2) is 0 Å². The van der Waals surface area contributed by atoms with Gasteiger partial charge in [0.25, 0.3) is 0 Å². The number of rotatable bonds is 0. The van der Waals surface area contributed by atoms with Crippen molar-refractivity contribution < 1.29 is 35.4 Å². The Morgan fingerprint density at radius 3 is 1.62 bits per heavy atom. The van der Waals surface area contributed by atoms with Crippen LogP contribution >= 0.6 is 0 Å². The first kappa shape index (κ1) is 11.6. The predicted octanol–water partition coefficient (Wildman–Crippen LogP) is -1.62. The van der Waals surface area contributed by atoms with Gasteiger partial charge >= 0.3 is 23.8 Å². The first-order valence-corrected chi connectivity index (χ1v) is 5.75. The second-order valence-electron chi connectivity index (χ2n) is 1.32. The molecule has 0 aromatic carbocycles. The van der Waals surface area contributed by atoms with Crippen molar-refractivity contribution in [3.05, 3.63) is 0 Å². The first-order valence-electron chi connectivity index (χ1n) is 2.78. The molecule has 1 aliphatic heterocycles. The van der Waals surface area contributed by atoms with Crippen LogP contribution in [0, 0.1) is 0 Å². The maximum Gasteiger partial charge on any atom is -1.00 e. The van der Waals surface area contributed by atoms with Gasteiger partial charge in [0.15, 0.2) is 0 Å². The molecule has 0 spiro atoms. The van der Waals surface area contributed by atoms with Gasteiger partial charge < -0.3 is 17.1 Å². The van der Waals surface area contributed by atoms with E-state index in [2.05, 4.69) is 5.52 Å². The Labute approximate surface area is 67.3 Å². The van der Waals surface area contributed by atoms with E-state index >= 15 is 0 Å². The van der Waals surface area contributed by atoms with Crippen molar-refractivity contribution >= 4 is 0 Å². The molecule has 0 atom stereocenters. The molecule has 0 aromatic rings. The van der Waals surface area contributed by atoms with Gasteiger partial charge in [0.1, 0.15) is 0 Å². The van der Waals surface area contributed by atoms with Gasteiger partial charge in [0.2, 0.25) is 0 Å². The fourth-order valence-corrected chi connectivity index (χ4v) is 0.510. The SMILES string of the molecule is C1CCOC1.[CH3][Zn+].[Cl-]. The maximum absolute atomic E-state index is 4.94. The third-order valence-corrected chi connectivity index (χ3v) is 0.827. The normalized spacial score (nSPS) is 15.9. The molecule has 1 saturated heterocycles. The van der Waals surface area contributed by atoms with Crippen molar-refractivity contribution in [1.29, 1.82) is 0 Å². The first-order chi connectivity index (χ1) is 3.50. The fourth-order valence-electron chi connectivity index (χ4n) is 0.510. The van der Waals surface area contributed by atoms with E-state index in [1.54, 1.807) is 0 Å². The topological polar surface area (TPSA) is 9.23 Å². The summed E-state index contributed by atoms with van der Waals surface area (Å²) in [6, 6.07) is 0. The summed E-state index contributed by atoms with van der Waals surface area (Å²) in [7, 11) is 0. The van der Waals surface area contributed by atoms with Gasteiger partial charge in [0.05, 0.1) is 0 Å². The van der Waals surface area contributed by atoms with Crippen LogP contribution in [-0.2, 0) is 23.0 Å². The van der Waals surface area contributed by atoms with E-state index in [1.165, 1.54) is 31.1 Å². The van der Waals surface area contributed by atoms with Crippen LogP contribution in [0.3, 0.4) is 0 Å². The summed E-state index contributed by atoms with van der Waals surface area (Å²) in [4.78, 5) is 0. The molecule has 0 saturated carbocycles. The fraction of sp³-hybridized carbons (Fsp3) is 1.00. The Morgan fingerprint density at radius 2 is 1.50 bits per heavy atom. The minimum absolute atomic E-state index is 0. The standard InChI is InChI=1S/C4H8O.CH3.ClH.Zn/c1-2-4-5-3-1;;;/h1-4H2;1H3;1H;/q;;;+1/p-1. The molecule has 1 nitrogen and oxygen atoms in total. The molecule has 3 heteroatoms. The van der Waals surface area contributed by atoms with Crippen LogP contribution in [0.2, 0.25) is 5.52 Å². The van der Waals surface area contributed by atoms with Crippen LogP contribution in [0.4, 0.5) is 0 Å². The molecule has 1 rings (SSSR count). The molecule has 0 aromatic heterocycles. The molecule has 1 heterocycles. The van der Waals surface area contributed by atoms with Crippen LogP contribution in [-0.4, -0.2) is 13.2 Å². The van der Waals surface area contributed by atoms with Crippen molar-refractivity contribution in [2.75, 3.05) is 13.2 Å². The zero-order valence-electron chi connectivity index (χ0n) is 5.32. The molecule has 0 unspecified atom stereocenters. The molecule has 0 bridgehead atoms. The van der Waals surface area contributed by atoms with E-state index in [9.17, 15) is 0 Å². The van der Waals surface area contributed by atoms with Crippen molar-refractivity contribution in [2.24, 2.45) is 0 Å². The number of halogens is 1. The van der Waals surface area contributed by atoms with Crippen molar-refractivity contribution in [1.82, 2.24) is 0 Å². The molecule has 0 radical (unpaired) electrons. The van der Waals surface area contributed by atoms with E-state index in [4.69, 9.17) is 4.74 Å². The van der Waals surface area contributed by atoms with Crippen LogP contribution in [0.25, 0.3) is 0 Å². The minimum Gasteiger partial charge on any atom is -1.00 e. The summed E-state index contributed by atoms with van der Waals surface area (Å²) in [5, 5.41) is 0. The molecule has 0 N–H and O–H groups in total. The van der Waals surface area contributed by atoms with E-state index in [-0.39, 0.29) is 12.4 Å². The zero-order valence-corrected chi connectivity index (χ0v) is 9.04. The third-order valence-electron chi connectivity index (χ3n) is 0.827. The van der Waals surface area contributed by atoms with Crippen molar-refractivity contribution in [2.45, 2.75) is 18.4 Å². The van der Waals surface area contributed by atoms with Gasteiger partial charge in [-0.1, -0.05) is 0 Å². The number of hydrogen-bond acceptors (Lipinski definition) is 1. The van der Waals surface area contributed by atoms with Gasteiger partial charge in [-0.3, -0.25) is 0 Å². The molecule has 8 heavy (non-hydrogen) atoms. The smallest absolute Gasteiger partial charge is 1.00 e. The zero-order chi connectivity index (χ0) is 5.54. The quantitative estimate of drug-likeness (QED) is 0.415. The largest absolute Gasteiger partial charge is 1.00 e. The molecule has 1 aliphatic rings. The van der Waals surface area contributed by atoms with E-state index in [0.29, 0.717) is 0 Å².